The third-order valence-corrected chi connectivity index (χ3v) is 4.41. The lowest BCUT2D eigenvalue weighted by atomic mass is 10.1. The van der Waals surface area contributed by atoms with Crippen molar-refractivity contribution in [2.75, 3.05) is 30.4 Å². The van der Waals surface area contributed by atoms with Crippen LogP contribution in [0.25, 0.3) is 0 Å². The van der Waals surface area contributed by atoms with E-state index < -0.39 is 4.92 Å². The Bertz CT molecular complexity index is 892. The van der Waals surface area contributed by atoms with Crippen LogP contribution < -0.4 is 15.0 Å². The molecule has 0 bridgehead atoms. The number of aromatic nitrogens is 1. The summed E-state index contributed by atoms with van der Waals surface area (Å²) >= 11 is 0. The predicted octanol–water partition coefficient (Wildman–Crippen LogP) is 4.49. The van der Waals surface area contributed by atoms with E-state index in [1.54, 1.807) is 19.2 Å². The standard InChI is InChI=1S/C20H25N5O3/c1-5-24(11-7-6-10-21)18-13-15(3)22-20(19(18)25(26)27)23-17-9-8-16(28-4)12-14(17)2/h8-9,12-13H,5-7,11H2,1-4H3,(H,22,23). The molecule has 2 aromatic rings. The van der Waals surface area contributed by atoms with Crippen molar-refractivity contribution in [1.82, 2.24) is 4.98 Å². The molecule has 0 atom stereocenters. The minimum Gasteiger partial charge on any atom is -0.497 e. The molecule has 8 nitrogen and oxygen atoms in total. The van der Waals surface area contributed by atoms with E-state index in [1.807, 2.05) is 37.8 Å². The number of hydrogen-bond donors (Lipinski definition) is 1. The quantitative estimate of drug-likeness (QED) is 0.386. The molecule has 1 aromatic carbocycles. The second-order valence-corrected chi connectivity index (χ2v) is 6.38. The average molecular weight is 383 g/mol. The van der Waals surface area contributed by atoms with Crippen molar-refractivity contribution in [1.29, 1.82) is 5.26 Å². The first-order chi connectivity index (χ1) is 13.4. The van der Waals surface area contributed by atoms with E-state index in [1.165, 1.54) is 0 Å². The Morgan fingerprint density at radius 3 is 2.68 bits per heavy atom. The zero-order valence-electron chi connectivity index (χ0n) is 16.7. The number of benzene rings is 1. The summed E-state index contributed by atoms with van der Waals surface area (Å²) in [6, 6.07) is 9.29. The Morgan fingerprint density at radius 2 is 2.11 bits per heavy atom. The maximum atomic E-state index is 11.9. The molecular formula is C20H25N5O3. The Morgan fingerprint density at radius 1 is 1.36 bits per heavy atom. The van der Waals surface area contributed by atoms with Crippen molar-refractivity contribution in [3.63, 3.8) is 0 Å². The van der Waals surface area contributed by atoms with Gasteiger partial charge >= 0.3 is 5.69 Å². The minimum absolute atomic E-state index is 0.0698. The molecule has 8 heteroatoms. The highest BCUT2D eigenvalue weighted by Crippen LogP contribution is 2.37. The van der Waals surface area contributed by atoms with Gasteiger partial charge in [0, 0.05) is 30.9 Å². The molecule has 0 aliphatic heterocycles. The summed E-state index contributed by atoms with van der Waals surface area (Å²) in [6.45, 7) is 6.80. The second kappa shape index (κ2) is 9.55. The molecule has 0 spiro atoms. The number of nitriles is 1. The number of aryl methyl sites for hydroxylation is 2. The number of methoxy groups -OCH3 is 1. The van der Waals surface area contributed by atoms with Gasteiger partial charge in [0.2, 0.25) is 5.82 Å². The van der Waals surface area contributed by atoms with Crippen molar-refractivity contribution in [2.24, 2.45) is 0 Å². The minimum atomic E-state index is -0.407. The smallest absolute Gasteiger partial charge is 0.334 e. The van der Waals surface area contributed by atoms with Crippen LogP contribution in [0.2, 0.25) is 0 Å². The van der Waals surface area contributed by atoms with Crippen molar-refractivity contribution in [3.05, 3.63) is 45.6 Å². The molecule has 0 unspecified atom stereocenters. The summed E-state index contributed by atoms with van der Waals surface area (Å²) in [4.78, 5) is 17.8. The molecule has 28 heavy (non-hydrogen) atoms. The van der Waals surface area contributed by atoms with Crippen LogP contribution in [0.3, 0.4) is 0 Å². The monoisotopic (exact) mass is 383 g/mol. The van der Waals surface area contributed by atoms with Gasteiger partial charge in [0.25, 0.3) is 0 Å². The van der Waals surface area contributed by atoms with Crippen molar-refractivity contribution in [2.45, 2.75) is 33.6 Å². The number of ether oxygens (including phenoxy) is 1. The van der Waals surface area contributed by atoms with Crippen LogP contribution in [-0.2, 0) is 0 Å². The third-order valence-electron chi connectivity index (χ3n) is 4.41. The Labute approximate surface area is 164 Å². The van der Waals surface area contributed by atoms with E-state index in [9.17, 15) is 10.1 Å². The average Bonchev–Trinajstić information content (AvgIpc) is 2.66. The highest BCUT2D eigenvalue weighted by Gasteiger charge is 2.26. The molecule has 1 heterocycles. The molecule has 0 radical (unpaired) electrons. The van der Waals surface area contributed by atoms with E-state index in [0.717, 1.165) is 11.3 Å². The fourth-order valence-corrected chi connectivity index (χ4v) is 2.99. The lowest BCUT2D eigenvalue weighted by Crippen LogP contribution is -2.25. The SMILES string of the molecule is CCN(CCCC#N)c1cc(C)nc(Nc2ccc(OC)cc2C)c1[N+](=O)[O-]. The van der Waals surface area contributed by atoms with Gasteiger partial charge in [-0.3, -0.25) is 10.1 Å². The van der Waals surface area contributed by atoms with Crippen LogP contribution >= 0.6 is 0 Å². The van der Waals surface area contributed by atoms with Crippen LogP contribution in [0.4, 0.5) is 22.9 Å². The topological polar surface area (TPSA) is 104 Å². The molecule has 0 aliphatic carbocycles. The highest BCUT2D eigenvalue weighted by molar-refractivity contribution is 5.78. The summed E-state index contributed by atoms with van der Waals surface area (Å²) in [5, 5.41) is 23.8. The van der Waals surface area contributed by atoms with Gasteiger partial charge in [0.15, 0.2) is 0 Å². The van der Waals surface area contributed by atoms with Crippen LogP contribution in [0.1, 0.15) is 31.0 Å². The number of rotatable bonds is 9. The largest absolute Gasteiger partial charge is 0.497 e. The van der Waals surface area contributed by atoms with Gasteiger partial charge in [-0.1, -0.05) is 0 Å². The molecule has 0 fully saturated rings. The van der Waals surface area contributed by atoms with Gasteiger partial charge in [0.1, 0.15) is 11.4 Å². The van der Waals surface area contributed by atoms with Crippen LogP contribution in [0.5, 0.6) is 5.75 Å². The Hall–Kier alpha value is -3.34. The Kier molecular flexibility index (Phi) is 7.15. The first kappa shape index (κ1) is 21.0. The lowest BCUT2D eigenvalue weighted by Gasteiger charge is -2.23. The molecule has 0 saturated heterocycles. The van der Waals surface area contributed by atoms with E-state index >= 15 is 0 Å². The fourth-order valence-electron chi connectivity index (χ4n) is 2.99. The predicted molar refractivity (Wildman–Crippen MR) is 109 cm³/mol. The first-order valence-electron chi connectivity index (χ1n) is 9.10. The number of nitro groups is 1. The van der Waals surface area contributed by atoms with E-state index in [4.69, 9.17) is 10.00 Å². The number of hydrogen-bond acceptors (Lipinski definition) is 7. The number of nitrogens with zero attached hydrogens (tertiary/aromatic N) is 4. The number of nitrogens with one attached hydrogen (secondary N) is 1. The zero-order valence-corrected chi connectivity index (χ0v) is 16.7. The number of anilines is 3. The summed E-state index contributed by atoms with van der Waals surface area (Å²) in [7, 11) is 1.59. The lowest BCUT2D eigenvalue weighted by molar-refractivity contribution is -0.383. The van der Waals surface area contributed by atoms with Crippen molar-refractivity contribution >= 4 is 22.9 Å². The normalized spacial score (nSPS) is 10.2. The maximum absolute atomic E-state index is 11.9. The van der Waals surface area contributed by atoms with Gasteiger partial charge < -0.3 is 15.0 Å². The summed E-state index contributed by atoms with van der Waals surface area (Å²) in [5.41, 5.74) is 2.72. The van der Waals surface area contributed by atoms with Crippen LogP contribution in [0, 0.1) is 35.3 Å². The fraction of sp³-hybridized carbons (Fsp3) is 0.400. The maximum Gasteiger partial charge on any atom is 0.334 e. The molecule has 0 amide bonds. The van der Waals surface area contributed by atoms with Gasteiger partial charge in [0.05, 0.1) is 18.1 Å². The second-order valence-electron chi connectivity index (χ2n) is 6.38. The molecule has 1 N–H and O–H groups in total. The number of pyridine rings is 1. The van der Waals surface area contributed by atoms with E-state index in [2.05, 4.69) is 16.4 Å². The highest BCUT2D eigenvalue weighted by atomic mass is 16.6. The molecular weight excluding hydrogens is 358 g/mol. The summed E-state index contributed by atoms with van der Waals surface area (Å²) in [5.74, 6) is 0.914. The van der Waals surface area contributed by atoms with Gasteiger partial charge in [-0.25, -0.2) is 4.98 Å². The first-order valence-corrected chi connectivity index (χ1v) is 9.10. The van der Waals surface area contributed by atoms with Crippen molar-refractivity contribution in [3.8, 4) is 11.8 Å². The van der Waals surface area contributed by atoms with Gasteiger partial charge in [-0.2, -0.15) is 5.26 Å². The molecule has 0 saturated carbocycles. The zero-order chi connectivity index (χ0) is 20.7. The van der Waals surface area contributed by atoms with E-state index in [-0.39, 0.29) is 11.5 Å². The molecule has 2 rings (SSSR count). The van der Waals surface area contributed by atoms with Gasteiger partial charge in [-0.05, 0) is 57.0 Å². The van der Waals surface area contributed by atoms with Crippen LogP contribution in [-0.4, -0.2) is 30.1 Å². The Balaban J connectivity index is 2.48. The van der Waals surface area contributed by atoms with Gasteiger partial charge in [-0.15, -0.1) is 0 Å². The molecule has 0 aliphatic rings. The third kappa shape index (κ3) is 4.88. The summed E-state index contributed by atoms with van der Waals surface area (Å²) < 4.78 is 5.21. The summed E-state index contributed by atoms with van der Waals surface area (Å²) in [6.07, 6.45) is 1.05. The van der Waals surface area contributed by atoms with E-state index in [0.29, 0.717) is 43.1 Å². The van der Waals surface area contributed by atoms with Crippen LogP contribution in [0.15, 0.2) is 24.3 Å². The van der Waals surface area contributed by atoms with Crippen molar-refractivity contribution < 1.29 is 9.66 Å². The molecule has 148 valence electrons. The number of unbranched alkanes of at least 4 members (excludes halogenated alkanes) is 1. The molecule has 1 aromatic heterocycles.